The van der Waals surface area contributed by atoms with Gasteiger partial charge in [-0.1, -0.05) is 68.1 Å². The van der Waals surface area contributed by atoms with Gasteiger partial charge in [0, 0.05) is 18.5 Å². The van der Waals surface area contributed by atoms with E-state index in [4.69, 9.17) is 10.5 Å². The first kappa shape index (κ1) is 33.1. The molecule has 0 aliphatic heterocycles. The average molecular weight is 565 g/mol. The molecule has 0 aliphatic rings. The molecule has 2 rings (SSSR count). The Labute approximate surface area is 243 Å². The van der Waals surface area contributed by atoms with Gasteiger partial charge in [0.1, 0.15) is 17.7 Å². The quantitative estimate of drug-likeness (QED) is 0.320. The molecular weight excluding hydrogens is 520 g/mol. The molecule has 0 saturated carbocycles. The summed E-state index contributed by atoms with van der Waals surface area (Å²) in [6.45, 7) is 14.9. The Balaban J connectivity index is 2.61. The first-order valence-electron chi connectivity index (χ1n) is 13.8. The van der Waals surface area contributed by atoms with Crippen LogP contribution < -0.4 is 16.4 Å². The third kappa shape index (κ3) is 10.1. The molecule has 222 valence electrons. The van der Waals surface area contributed by atoms with Gasteiger partial charge in [-0.05, 0) is 70.2 Å². The van der Waals surface area contributed by atoms with E-state index in [1.54, 1.807) is 39.0 Å². The molecule has 4 amide bonds. The van der Waals surface area contributed by atoms with Crippen molar-refractivity contribution in [2.75, 3.05) is 0 Å². The van der Waals surface area contributed by atoms with Crippen molar-refractivity contribution in [1.82, 2.24) is 15.5 Å². The van der Waals surface area contributed by atoms with E-state index in [-0.39, 0.29) is 19.4 Å². The highest BCUT2D eigenvalue weighted by Gasteiger charge is 2.43. The second-order valence-electron chi connectivity index (χ2n) is 11.6. The van der Waals surface area contributed by atoms with E-state index in [9.17, 15) is 19.2 Å². The second kappa shape index (κ2) is 14.5. The molecule has 0 bridgehead atoms. The Morgan fingerprint density at radius 1 is 1.02 bits per heavy atom. The van der Waals surface area contributed by atoms with E-state index in [0.29, 0.717) is 12.0 Å². The van der Waals surface area contributed by atoms with Crippen LogP contribution in [0.4, 0.5) is 4.79 Å². The zero-order valence-electron chi connectivity index (χ0n) is 25.0. The second-order valence-corrected chi connectivity index (χ2v) is 11.6. The van der Waals surface area contributed by atoms with Crippen LogP contribution in [0.25, 0.3) is 6.08 Å². The van der Waals surface area contributed by atoms with Crippen LogP contribution in [0.15, 0.2) is 61.2 Å². The highest BCUT2D eigenvalue weighted by Crippen LogP contribution is 2.33. The third-order valence-corrected chi connectivity index (χ3v) is 6.70. The minimum atomic E-state index is -1.17. The van der Waals surface area contributed by atoms with Crippen LogP contribution in [-0.4, -0.2) is 45.9 Å². The van der Waals surface area contributed by atoms with E-state index in [1.807, 2.05) is 63.2 Å². The first-order chi connectivity index (χ1) is 19.2. The molecule has 41 heavy (non-hydrogen) atoms. The maximum Gasteiger partial charge on any atom is 0.408 e. The third-order valence-electron chi connectivity index (χ3n) is 6.70. The predicted molar refractivity (Wildman–Crippen MR) is 160 cm³/mol. The number of hydrogen-bond acceptors (Lipinski definition) is 5. The zero-order chi connectivity index (χ0) is 30.8. The van der Waals surface area contributed by atoms with Crippen molar-refractivity contribution in [3.05, 3.63) is 77.9 Å². The molecule has 9 heteroatoms. The van der Waals surface area contributed by atoms with Gasteiger partial charge in [-0.15, -0.1) is 0 Å². The van der Waals surface area contributed by atoms with Crippen LogP contribution in [0.2, 0.25) is 0 Å². The molecule has 0 saturated heterocycles. The lowest BCUT2D eigenvalue weighted by atomic mass is 9.91. The lowest BCUT2D eigenvalue weighted by Gasteiger charge is -2.44. The first-order valence-corrected chi connectivity index (χ1v) is 13.8. The summed E-state index contributed by atoms with van der Waals surface area (Å²) < 4.78 is 5.40. The molecule has 2 aromatic rings. The largest absolute Gasteiger partial charge is 0.444 e. The summed E-state index contributed by atoms with van der Waals surface area (Å²) in [5.41, 5.74) is 6.02. The molecule has 0 fully saturated rings. The Morgan fingerprint density at radius 3 is 2.24 bits per heavy atom. The topological polar surface area (TPSA) is 131 Å². The minimum Gasteiger partial charge on any atom is -0.444 e. The normalized spacial score (nSPS) is 12.9. The molecular formula is C32H44N4O5. The molecule has 0 spiro atoms. The molecule has 9 nitrogen and oxygen atoms in total. The van der Waals surface area contributed by atoms with Crippen LogP contribution >= 0.6 is 0 Å². The van der Waals surface area contributed by atoms with Gasteiger partial charge in [0.15, 0.2) is 0 Å². The van der Waals surface area contributed by atoms with Crippen molar-refractivity contribution < 1.29 is 23.9 Å². The maximum absolute atomic E-state index is 14.4. The number of hydrogen-bond donors (Lipinski definition) is 3. The standard InChI is InChI=1S/C32H44N4O5/c1-8-22-16-13-17-24(20-22)27(28(38)34-21-23-14-11-10-12-15-23)36(32(6,7)9-2)29(39)25(18-19-26(33)37)35-30(40)41-31(3,4)5/h8,10-17,20,25,27H,1,9,18-19,21H2,2-7H3,(H2,33,37)(H,34,38)(H,35,40). The van der Waals surface area contributed by atoms with Crippen molar-refractivity contribution in [1.29, 1.82) is 0 Å². The summed E-state index contributed by atoms with van der Waals surface area (Å²) >= 11 is 0. The van der Waals surface area contributed by atoms with Crippen molar-refractivity contribution in [3.8, 4) is 0 Å². The monoisotopic (exact) mass is 564 g/mol. The molecule has 2 unspecified atom stereocenters. The summed E-state index contributed by atoms with van der Waals surface area (Å²) in [5, 5.41) is 5.61. The summed E-state index contributed by atoms with van der Waals surface area (Å²) in [4.78, 5) is 54.4. The fourth-order valence-electron chi connectivity index (χ4n) is 4.26. The number of benzene rings is 2. The van der Waals surface area contributed by atoms with Crippen LogP contribution in [0.5, 0.6) is 0 Å². The van der Waals surface area contributed by atoms with Gasteiger partial charge in [-0.25, -0.2) is 4.79 Å². The van der Waals surface area contributed by atoms with Crippen molar-refractivity contribution in [2.45, 2.75) is 90.6 Å². The number of nitrogens with one attached hydrogen (secondary N) is 2. The van der Waals surface area contributed by atoms with E-state index < -0.39 is 47.0 Å². The number of primary amides is 1. The SMILES string of the molecule is C=Cc1cccc(C(C(=O)NCc2ccccc2)N(C(=O)C(CCC(N)=O)NC(=O)OC(C)(C)C)C(C)(C)CC)c1. The van der Waals surface area contributed by atoms with Crippen LogP contribution in [-0.2, 0) is 25.7 Å². The highest BCUT2D eigenvalue weighted by molar-refractivity contribution is 5.93. The van der Waals surface area contributed by atoms with Crippen LogP contribution in [0, 0.1) is 0 Å². The van der Waals surface area contributed by atoms with Crippen LogP contribution in [0.3, 0.4) is 0 Å². The number of nitrogens with zero attached hydrogens (tertiary/aromatic N) is 1. The smallest absolute Gasteiger partial charge is 0.408 e. The number of carbonyl (C=O) groups is 4. The average Bonchev–Trinajstić information content (AvgIpc) is 2.91. The van der Waals surface area contributed by atoms with Crippen molar-refractivity contribution in [2.24, 2.45) is 5.73 Å². The van der Waals surface area contributed by atoms with Crippen LogP contribution in [0.1, 0.15) is 83.5 Å². The Hall–Kier alpha value is -4.14. The Bertz CT molecular complexity index is 1220. The number of amides is 4. The fourth-order valence-corrected chi connectivity index (χ4v) is 4.26. The molecule has 0 radical (unpaired) electrons. The molecule has 0 heterocycles. The number of carbonyl (C=O) groups excluding carboxylic acids is 4. The van der Waals surface area contributed by atoms with E-state index in [2.05, 4.69) is 17.2 Å². The summed E-state index contributed by atoms with van der Waals surface area (Å²) in [6.07, 6.45) is 1.14. The summed E-state index contributed by atoms with van der Waals surface area (Å²) in [7, 11) is 0. The molecule has 4 N–H and O–H groups in total. The summed E-state index contributed by atoms with van der Waals surface area (Å²) in [5.74, 6) is -1.55. The van der Waals surface area contributed by atoms with Gasteiger partial charge in [0.05, 0.1) is 0 Å². The molecule has 2 aromatic carbocycles. The Morgan fingerprint density at radius 2 is 1.68 bits per heavy atom. The van der Waals surface area contributed by atoms with Gasteiger partial charge < -0.3 is 26.0 Å². The molecule has 0 aliphatic carbocycles. The van der Waals surface area contributed by atoms with E-state index in [1.165, 1.54) is 4.90 Å². The highest BCUT2D eigenvalue weighted by atomic mass is 16.6. The fraction of sp³-hybridized carbons (Fsp3) is 0.438. The molecule has 2 atom stereocenters. The number of nitrogens with two attached hydrogens (primary N) is 1. The minimum absolute atomic E-state index is 0.0608. The van der Waals surface area contributed by atoms with Gasteiger partial charge in [0.2, 0.25) is 17.7 Å². The van der Waals surface area contributed by atoms with Gasteiger partial charge in [-0.2, -0.15) is 0 Å². The number of ether oxygens (including phenoxy) is 1. The van der Waals surface area contributed by atoms with Crippen molar-refractivity contribution in [3.63, 3.8) is 0 Å². The van der Waals surface area contributed by atoms with Gasteiger partial charge in [-0.3, -0.25) is 14.4 Å². The lowest BCUT2D eigenvalue weighted by molar-refractivity contribution is -0.149. The van der Waals surface area contributed by atoms with Gasteiger partial charge >= 0.3 is 6.09 Å². The predicted octanol–water partition coefficient (Wildman–Crippen LogP) is 4.86. The lowest BCUT2D eigenvalue weighted by Crippen LogP contribution is -2.59. The van der Waals surface area contributed by atoms with Crippen molar-refractivity contribution >= 4 is 29.9 Å². The maximum atomic E-state index is 14.4. The number of rotatable bonds is 13. The van der Waals surface area contributed by atoms with E-state index in [0.717, 1.165) is 11.1 Å². The summed E-state index contributed by atoms with van der Waals surface area (Å²) in [6, 6.07) is 14.5. The zero-order valence-corrected chi connectivity index (χ0v) is 25.0. The molecule has 0 aromatic heterocycles. The van der Waals surface area contributed by atoms with E-state index >= 15 is 0 Å². The number of alkyl carbamates (subject to hydrolysis) is 1. The van der Waals surface area contributed by atoms with Gasteiger partial charge in [0.25, 0.3) is 0 Å². The Kier molecular flexibility index (Phi) is 11.7.